The summed E-state index contributed by atoms with van der Waals surface area (Å²) < 4.78 is 38.6. The second-order valence-corrected chi connectivity index (χ2v) is 12.7. The molecule has 6 atom stereocenters. The number of fused-ring (bicyclic) bond motifs is 1. The highest BCUT2D eigenvalue weighted by atomic mass is 31.2. The van der Waals surface area contributed by atoms with Crippen molar-refractivity contribution in [3.63, 3.8) is 0 Å². The van der Waals surface area contributed by atoms with Gasteiger partial charge in [-0.2, -0.15) is 5.09 Å². The normalized spacial score (nSPS) is 26.1. The Bertz CT molecular complexity index is 1660. The van der Waals surface area contributed by atoms with Crippen LogP contribution in [0.25, 0.3) is 10.8 Å². The fourth-order valence-electron chi connectivity index (χ4n) is 5.43. The summed E-state index contributed by atoms with van der Waals surface area (Å²) in [7, 11) is -4.46. The van der Waals surface area contributed by atoms with E-state index < -0.39 is 61.7 Å². The van der Waals surface area contributed by atoms with Crippen molar-refractivity contribution in [2.45, 2.75) is 75.2 Å². The minimum absolute atomic E-state index is 0.199. The van der Waals surface area contributed by atoms with Crippen LogP contribution in [0.2, 0.25) is 0 Å². The number of benzene rings is 2. The number of aliphatic hydroxyl groups excluding tert-OH is 2. The quantitative estimate of drug-likeness (QED) is 0.139. The fraction of sp³-hybridized carbons (Fsp3) is 0.433. The van der Waals surface area contributed by atoms with Crippen molar-refractivity contribution in [1.82, 2.24) is 14.6 Å². The van der Waals surface area contributed by atoms with Crippen molar-refractivity contribution in [1.29, 1.82) is 0 Å². The molecule has 1 aliphatic carbocycles. The minimum Gasteiger partial charge on any atom is -0.461 e. The highest BCUT2D eigenvalue weighted by Gasteiger charge is 2.55. The molecule has 5 rings (SSSR count). The number of hydrogen-bond acceptors (Lipinski definition) is 10. The van der Waals surface area contributed by atoms with E-state index in [0.29, 0.717) is 5.39 Å². The lowest BCUT2D eigenvalue weighted by atomic mass is 9.96. The van der Waals surface area contributed by atoms with Crippen LogP contribution in [0.5, 0.6) is 5.75 Å². The molecule has 14 heteroatoms. The Balaban J connectivity index is 1.41. The SMILES string of the molecule is C=C[C@]1(COP(=O)(N[C@@H](C)C(=O)OC2CCCCC2)Oc2cccc3ccccc23)O[C@@H](n2ccc(=O)[nH]c2=O)[C@H](O)[C@@H]1O. The summed E-state index contributed by atoms with van der Waals surface area (Å²) in [4.78, 5) is 39.0. The van der Waals surface area contributed by atoms with Crippen LogP contribution in [0.4, 0.5) is 0 Å². The number of carbonyl (C=O) groups excluding carboxylic acids is 1. The van der Waals surface area contributed by atoms with Gasteiger partial charge in [0.1, 0.15) is 35.7 Å². The summed E-state index contributed by atoms with van der Waals surface area (Å²) in [5, 5.41) is 25.9. The van der Waals surface area contributed by atoms with Gasteiger partial charge < -0.3 is 24.2 Å². The van der Waals surface area contributed by atoms with E-state index in [1.807, 2.05) is 18.2 Å². The van der Waals surface area contributed by atoms with Gasteiger partial charge in [0.25, 0.3) is 5.56 Å². The van der Waals surface area contributed by atoms with Crippen LogP contribution in [-0.2, 0) is 23.4 Å². The van der Waals surface area contributed by atoms with E-state index in [1.165, 1.54) is 6.92 Å². The molecule has 1 unspecified atom stereocenters. The molecule has 2 aromatic carbocycles. The Morgan fingerprint density at radius 2 is 1.91 bits per heavy atom. The summed E-state index contributed by atoms with van der Waals surface area (Å²) in [6, 6.07) is 12.3. The Morgan fingerprint density at radius 1 is 1.18 bits per heavy atom. The van der Waals surface area contributed by atoms with Gasteiger partial charge in [0.05, 0.1) is 6.61 Å². The lowest BCUT2D eigenvalue weighted by Gasteiger charge is -2.31. The predicted octanol–water partition coefficient (Wildman–Crippen LogP) is 2.92. The average molecular weight is 630 g/mol. The first kappa shape index (κ1) is 31.8. The number of ether oxygens (including phenoxy) is 2. The number of aromatic nitrogens is 2. The maximum atomic E-state index is 14.4. The lowest BCUT2D eigenvalue weighted by Crippen LogP contribution is -2.46. The summed E-state index contributed by atoms with van der Waals surface area (Å²) in [6.07, 6.45) is 1.68. The zero-order valence-electron chi connectivity index (χ0n) is 24.2. The third-order valence-corrected chi connectivity index (χ3v) is 9.51. The highest BCUT2D eigenvalue weighted by molar-refractivity contribution is 7.52. The largest absolute Gasteiger partial charge is 0.461 e. The lowest BCUT2D eigenvalue weighted by molar-refractivity contribution is -0.152. The van der Waals surface area contributed by atoms with Crippen molar-refractivity contribution < 1.29 is 38.1 Å². The first-order valence-electron chi connectivity index (χ1n) is 14.4. The van der Waals surface area contributed by atoms with Gasteiger partial charge in [0.2, 0.25) is 0 Å². The second-order valence-electron chi connectivity index (χ2n) is 11.0. The number of esters is 1. The molecule has 1 aliphatic heterocycles. The third-order valence-electron chi connectivity index (χ3n) is 7.90. The minimum atomic E-state index is -4.46. The molecule has 236 valence electrons. The van der Waals surface area contributed by atoms with Crippen molar-refractivity contribution >= 4 is 24.5 Å². The number of hydrogen-bond donors (Lipinski definition) is 4. The second kappa shape index (κ2) is 13.2. The maximum Gasteiger partial charge on any atom is 0.459 e. The monoisotopic (exact) mass is 629 g/mol. The Labute approximate surface area is 253 Å². The number of nitrogens with zero attached hydrogens (tertiary/aromatic N) is 1. The third kappa shape index (κ3) is 6.73. The molecule has 44 heavy (non-hydrogen) atoms. The van der Waals surface area contributed by atoms with Crippen LogP contribution in [-0.4, -0.2) is 62.3 Å². The van der Waals surface area contributed by atoms with Crippen molar-refractivity contribution in [3.8, 4) is 5.75 Å². The summed E-state index contributed by atoms with van der Waals surface area (Å²) in [5.74, 6) is -0.434. The molecular weight excluding hydrogens is 593 g/mol. The van der Waals surface area contributed by atoms with Gasteiger partial charge in [-0.25, -0.2) is 9.36 Å². The molecule has 0 bridgehead atoms. The molecule has 0 spiro atoms. The van der Waals surface area contributed by atoms with Gasteiger partial charge in [-0.15, -0.1) is 6.58 Å². The van der Waals surface area contributed by atoms with Crippen LogP contribution in [0.3, 0.4) is 0 Å². The number of carbonyl (C=O) groups is 1. The van der Waals surface area contributed by atoms with E-state index in [-0.39, 0.29) is 11.9 Å². The molecule has 0 amide bonds. The number of rotatable bonds is 11. The average Bonchev–Trinajstić information content (AvgIpc) is 3.26. The highest BCUT2D eigenvalue weighted by Crippen LogP contribution is 2.49. The number of aliphatic hydroxyl groups is 2. The topological polar surface area (TPSA) is 178 Å². The van der Waals surface area contributed by atoms with Crippen molar-refractivity contribution in [2.75, 3.05) is 6.61 Å². The van der Waals surface area contributed by atoms with E-state index in [4.69, 9.17) is 18.5 Å². The molecule has 1 saturated carbocycles. The van der Waals surface area contributed by atoms with Crippen LogP contribution < -0.4 is 20.9 Å². The predicted molar refractivity (Wildman–Crippen MR) is 160 cm³/mol. The molecule has 2 heterocycles. The zero-order chi connectivity index (χ0) is 31.5. The fourth-order valence-corrected chi connectivity index (χ4v) is 6.97. The first-order chi connectivity index (χ1) is 21.0. The number of H-pyrrole nitrogens is 1. The van der Waals surface area contributed by atoms with Gasteiger partial charge in [-0.05, 0) is 44.1 Å². The van der Waals surface area contributed by atoms with E-state index in [1.54, 1.807) is 24.3 Å². The van der Waals surface area contributed by atoms with Crippen LogP contribution in [0, 0.1) is 0 Å². The van der Waals surface area contributed by atoms with Crippen LogP contribution >= 0.6 is 7.75 Å². The molecule has 2 fully saturated rings. The van der Waals surface area contributed by atoms with Gasteiger partial charge in [0.15, 0.2) is 6.23 Å². The summed E-state index contributed by atoms with van der Waals surface area (Å²) >= 11 is 0. The van der Waals surface area contributed by atoms with Gasteiger partial charge in [0, 0.05) is 17.6 Å². The van der Waals surface area contributed by atoms with Crippen LogP contribution in [0.1, 0.15) is 45.3 Å². The van der Waals surface area contributed by atoms with E-state index >= 15 is 0 Å². The van der Waals surface area contributed by atoms with Gasteiger partial charge >= 0.3 is 19.4 Å². The van der Waals surface area contributed by atoms with E-state index in [0.717, 1.165) is 60.4 Å². The Kier molecular flexibility index (Phi) is 9.54. The molecule has 1 saturated heterocycles. The molecular formula is C30H36N3O10P. The molecule has 1 aromatic heterocycles. The van der Waals surface area contributed by atoms with Crippen molar-refractivity contribution in [2.24, 2.45) is 0 Å². The van der Waals surface area contributed by atoms with E-state index in [2.05, 4.69) is 16.7 Å². The molecule has 0 radical (unpaired) electrons. The first-order valence-corrected chi connectivity index (χ1v) is 16.0. The number of nitrogens with one attached hydrogen (secondary N) is 2. The van der Waals surface area contributed by atoms with Crippen molar-refractivity contribution in [3.05, 3.63) is 88.2 Å². The Morgan fingerprint density at radius 3 is 2.64 bits per heavy atom. The zero-order valence-corrected chi connectivity index (χ0v) is 25.1. The Hall–Kier alpha value is -3.58. The van der Waals surface area contributed by atoms with Gasteiger partial charge in [-0.1, -0.05) is 48.9 Å². The van der Waals surface area contributed by atoms with Crippen LogP contribution in [0.15, 0.2) is 77.0 Å². The number of aromatic amines is 1. The smallest absolute Gasteiger partial charge is 0.459 e. The molecule has 2 aliphatic rings. The molecule has 3 aromatic rings. The summed E-state index contributed by atoms with van der Waals surface area (Å²) in [6.45, 7) is 4.49. The molecule has 4 N–H and O–H groups in total. The van der Waals surface area contributed by atoms with Gasteiger partial charge in [-0.3, -0.25) is 23.7 Å². The van der Waals surface area contributed by atoms with E-state index in [9.17, 15) is 29.2 Å². The summed E-state index contributed by atoms with van der Waals surface area (Å²) in [5.41, 5.74) is -3.43. The molecule has 13 nitrogen and oxygen atoms in total. The maximum absolute atomic E-state index is 14.4. The standard InChI is InChI=1S/C30H36N3O10P/c1-3-30(26(36)25(35)27(42-30)33-17-16-24(34)31-29(33)38)18-40-44(39,32-19(2)28(37)41-21-12-5-4-6-13-21)43-23-15-9-11-20-10-7-8-14-22(20)23/h3,7-11,14-17,19,21,25-27,35-36H,1,4-6,12-13,18H2,2H3,(H,32,39)(H,31,34,38)/t19-,25+,26-,27+,30+,44?/m0/s1.